The number of amides is 1. The van der Waals surface area contributed by atoms with Gasteiger partial charge in [0, 0.05) is 37.6 Å². The fourth-order valence-electron chi connectivity index (χ4n) is 4.77. The van der Waals surface area contributed by atoms with E-state index in [1.54, 1.807) is 6.07 Å². The van der Waals surface area contributed by atoms with Gasteiger partial charge in [-0.1, -0.05) is 19.1 Å². The smallest absolute Gasteiger partial charge is 0.399 e. The molecule has 0 saturated carbocycles. The van der Waals surface area contributed by atoms with Gasteiger partial charge < -0.3 is 19.1 Å². The van der Waals surface area contributed by atoms with E-state index in [2.05, 4.69) is 11.8 Å². The highest BCUT2D eigenvalue weighted by atomic mass is 19.1. The first-order valence-corrected chi connectivity index (χ1v) is 10.8. The molecule has 4 rings (SSSR count). The second-order valence-corrected chi connectivity index (χ2v) is 9.74. The molecule has 3 fully saturated rings. The topological polar surface area (TPSA) is 42.0 Å². The van der Waals surface area contributed by atoms with Gasteiger partial charge in [-0.2, -0.15) is 0 Å². The molecule has 2 atom stereocenters. The van der Waals surface area contributed by atoms with Gasteiger partial charge in [0.2, 0.25) is 5.91 Å². The van der Waals surface area contributed by atoms with E-state index in [9.17, 15) is 4.79 Å². The number of hydrogen-bond donors (Lipinski definition) is 0. The second-order valence-electron chi connectivity index (χ2n) is 9.74. The summed E-state index contributed by atoms with van der Waals surface area (Å²) in [5, 5.41) is 0. The Morgan fingerprint density at radius 3 is 2.41 bits per heavy atom. The van der Waals surface area contributed by atoms with Crippen molar-refractivity contribution in [2.45, 2.75) is 71.1 Å². The van der Waals surface area contributed by atoms with Gasteiger partial charge in [-0.25, -0.2) is 4.39 Å². The second kappa shape index (κ2) is 7.27. The van der Waals surface area contributed by atoms with Crippen LogP contribution in [0.25, 0.3) is 0 Å². The molecule has 0 N–H and O–H groups in total. The summed E-state index contributed by atoms with van der Waals surface area (Å²) in [6, 6.07) is 5.72. The van der Waals surface area contributed by atoms with Crippen LogP contribution < -0.4 is 10.4 Å². The minimum absolute atomic E-state index is 0.260. The Hall–Kier alpha value is -1.60. The zero-order valence-corrected chi connectivity index (χ0v) is 18.2. The van der Waals surface area contributed by atoms with E-state index in [1.165, 1.54) is 0 Å². The van der Waals surface area contributed by atoms with Crippen molar-refractivity contribution >= 4 is 24.2 Å². The Balaban J connectivity index is 1.52. The first-order valence-electron chi connectivity index (χ1n) is 10.8. The summed E-state index contributed by atoms with van der Waals surface area (Å²) in [4.78, 5) is 16.3. The molecule has 7 heteroatoms. The quantitative estimate of drug-likeness (QED) is 0.730. The van der Waals surface area contributed by atoms with Crippen LogP contribution >= 0.6 is 0 Å². The highest BCUT2D eigenvalue weighted by molar-refractivity contribution is 6.62. The SMILES string of the molecule is CC1CN(c2cccc(B3OC(C)(C)C(C)(C)O3)c2F)CCC1N1CCCC1=O. The number of carbonyl (C=O) groups excluding carboxylic acids is 1. The van der Waals surface area contributed by atoms with Crippen molar-refractivity contribution in [3.8, 4) is 0 Å². The van der Waals surface area contributed by atoms with Crippen molar-refractivity contribution in [1.29, 1.82) is 0 Å². The van der Waals surface area contributed by atoms with E-state index in [-0.39, 0.29) is 17.8 Å². The Morgan fingerprint density at radius 1 is 1.14 bits per heavy atom. The summed E-state index contributed by atoms with van der Waals surface area (Å²) >= 11 is 0. The summed E-state index contributed by atoms with van der Waals surface area (Å²) in [6.07, 6.45) is 2.49. The van der Waals surface area contributed by atoms with Gasteiger partial charge in [0.1, 0.15) is 5.82 Å². The van der Waals surface area contributed by atoms with Crippen LogP contribution in [0.3, 0.4) is 0 Å². The third-order valence-corrected chi connectivity index (χ3v) is 7.23. The average molecular weight is 402 g/mol. The molecule has 3 aliphatic rings. The van der Waals surface area contributed by atoms with Gasteiger partial charge >= 0.3 is 7.12 Å². The van der Waals surface area contributed by atoms with Gasteiger partial charge in [-0.15, -0.1) is 0 Å². The molecule has 3 aliphatic heterocycles. The van der Waals surface area contributed by atoms with Crippen LogP contribution in [-0.4, -0.2) is 54.8 Å². The van der Waals surface area contributed by atoms with Gasteiger partial charge in [-0.3, -0.25) is 4.79 Å². The fourth-order valence-corrected chi connectivity index (χ4v) is 4.77. The molecule has 29 heavy (non-hydrogen) atoms. The molecule has 1 aromatic rings. The lowest BCUT2D eigenvalue weighted by Gasteiger charge is -2.42. The zero-order chi connectivity index (χ0) is 21.0. The summed E-state index contributed by atoms with van der Waals surface area (Å²) in [5.74, 6) is 0.295. The molecule has 3 saturated heterocycles. The maximum Gasteiger partial charge on any atom is 0.497 e. The number of piperidine rings is 1. The van der Waals surface area contributed by atoms with Crippen molar-refractivity contribution in [2.24, 2.45) is 5.92 Å². The predicted molar refractivity (Wildman–Crippen MR) is 113 cm³/mol. The van der Waals surface area contributed by atoms with E-state index >= 15 is 4.39 Å². The number of anilines is 1. The van der Waals surface area contributed by atoms with Gasteiger partial charge in [0.15, 0.2) is 0 Å². The maximum absolute atomic E-state index is 15.5. The van der Waals surface area contributed by atoms with Crippen LogP contribution in [0.15, 0.2) is 18.2 Å². The molecule has 0 bridgehead atoms. The first kappa shape index (κ1) is 20.7. The Bertz CT molecular complexity index is 784. The van der Waals surface area contributed by atoms with E-state index in [4.69, 9.17) is 9.31 Å². The number of nitrogens with zero attached hydrogens (tertiary/aromatic N) is 2. The third-order valence-electron chi connectivity index (χ3n) is 7.23. The molecule has 0 aliphatic carbocycles. The molecule has 0 radical (unpaired) electrons. The lowest BCUT2D eigenvalue weighted by Crippen LogP contribution is -2.51. The largest absolute Gasteiger partial charge is 0.497 e. The van der Waals surface area contributed by atoms with Crippen LogP contribution in [0.2, 0.25) is 0 Å². The molecule has 3 heterocycles. The van der Waals surface area contributed by atoms with E-state index in [1.807, 2.05) is 44.7 Å². The van der Waals surface area contributed by atoms with Gasteiger partial charge in [0.05, 0.1) is 16.9 Å². The van der Waals surface area contributed by atoms with E-state index < -0.39 is 18.3 Å². The number of benzene rings is 1. The minimum atomic E-state index is -0.711. The normalized spacial score (nSPS) is 29.0. The van der Waals surface area contributed by atoms with Gasteiger partial charge in [-0.05, 0) is 52.5 Å². The zero-order valence-electron chi connectivity index (χ0n) is 18.2. The average Bonchev–Trinajstić information content (AvgIpc) is 3.15. The number of likely N-dealkylation sites (tertiary alicyclic amines) is 1. The lowest BCUT2D eigenvalue weighted by molar-refractivity contribution is -0.130. The summed E-state index contributed by atoms with van der Waals surface area (Å²) < 4.78 is 27.7. The van der Waals surface area contributed by atoms with Gasteiger partial charge in [0.25, 0.3) is 0 Å². The van der Waals surface area contributed by atoms with E-state index in [0.717, 1.165) is 32.5 Å². The number of hydrogen-bond acceptors (Lipinski definition) is 4. The highest BCUT2D eigenvalue weighted by Gasteiger charge is 2.52. The number of halogens is 1. The summed E-state index contributed by atoms with van der Waals surface area (Å²) in [7, 11) is -0.711. The highest BCUT2D eigenvalue weighted by Crippen LogP contribution is 2.37. The maximum atomic E-state index is 15.5. The molecule has 0 spiro atoms. The Labute approximate surface area is 173 Å². The van der Waals surface area contributed by atoms with Crippen molar-refractivity contribution in [3.63, 3.8) is 0 Å². The molecule has 0 aromatic heterocycles. The molecular weight excluding hydrogens is 370 g/mol. The van der Waals surface area contributed by atoms with Crippen LogP contribution in [0.5, 0.6) is 0 Å². The van der Waals surface area contributed by atoms with Crippen LogP contribution in [0.1, 0.15) is 53.9 Å². The molecule has 5 nitrogen and oxygen atoms in total. The van der Waals surface area contributed by atoms with Crippen molar-refractivity contribution in [1.82, 2.24) is 4.90 Å². The molecule has 1 amide bonds. The molecule has 2 unspecified atom stereocenters. The number of carbonyl (C=O) groups is 1. The molecule has 1 aromatic carbocycles. The monoisotopic (exact) mass is 402 g/mol. The number of rotatable bonds is 3. The summed E-state index contributed by atoms with van der Waals surface area (Å²) in [5.41, 5.74) is 0.0331. The first-order chi connectivity index (χ1) is 13.6. The summed E-state index contributed by atoms with van der Waals surface area (Å²) in [6.45, 7) is 12.4. The lowest BCUT2D eigenvalue weighted by atomic mass is 9.78. The molecular formula is C22H32BFN2O3. The van der Waals surface area contributed by atoms with Crippen LogP contribution in [-0.2, 0) is 14.1 Å². The van der Waals surface area contributed by atoms with Crippen LogP contribution in [0, 0.1) is 11.7 Å². The van der Waals surface area contributed by atoms with Crippen LogP contribution in [0.4, 0.5) is 10.1 Å². The Morgan fingerprint density at radius 2 is 1.83 bits per heavy atom. The predicted octanol–water partition coefficient (Wildman–Crippen LogP) is 2.96. The standard InChI is InChI=1S/C22H32BFN2O3/c1-15-14-25(13-11-17(15)26-12-7-10-19(26)27)18-9-6-8-16(20(18)24)23-28-21(2,3)22(4,5)29-23/h6,8-9,15,17H,7,10-14H2,1-5H3. The van der Waals surface area contributed by atoms with Crippen molar-refractivity contribution in [3.05, 3.63) is 24.0 Å². The Kier molecular flexibility index (Phi) is 5.18. The fraction of sp³-hybridized carbons (Fsp3) is 0.682. The van der Waals surface area contributed by atoms with E-state index in [0.29, 0.717) is 23.5 Å². The van der Waals surface area contributed by atoms with Crippen molar-refractivity contribution < 1.29 is 18.5 Å². The third kappa shape index (κ3) is 3.57. The molecule has 158 valence electrons. The minimum Gasteiger partial charge on any atom is -0.399 e. The van der Waals surface area contributed by atoms with Crippen molar-refractivity contribution in [2.75, 3.05) is 24.5 Å².